The number of amides is 5. The van der Waals surface area contributed by atoms with E-state index >= 15 is 0 Å². The number of nitrogens with one attached hydrogen (secondary N) is 5. The van der Waals surface area contributed by atoms with Gasteiger partial charge in [0.1, 0.15) is 30.2 Å². The fourth-order valence-corrected chi connectivity index (χ4v) is 6.07. The zero-order valence-electron chi connectivity index (χ0n) is 26.2. The Kier molecular flexibility index (Phi) is 10.8. The Morgan fingerprint density at radius 3 is 2.27 bits per heavy atom. The Morgan fingerprint density at radius 2 is 1.58 bits per heavy atom. The van der Waals surface area contributed by atoms with Crippen molar-refractivity contribution < 1.29 is 33.9 Å². The molecule has 2 aliphatic heterocycles. The Balaban J connectivity index is 1.77. The molecule has 5 amide bonds. The number of hydrogen-bond donors (Lipinski definition) is 6. The lowest BCUT2D eigenvalue weighted by Crippen LogP contribution is -2.59. The van der Waals surface area contributed by atoms with Gasteiger partial charge in [-0.3, -0.25) is 28.8 Å². The summed E-state index contributed by atoms with van der Waals surface area (Å²) in [6, 6.07) is 1.82. The number of carbonyl (C=O) groups is 6. The van der Waals surface area contributed by atoms with Crippen LogP contribution >= 0.6 is 0 Å². The molecule has 6 atom stereocenters. The van der Waals surface area contributed by atoms with Crippen LogP contribution in [0.2, 0.25) is 0 Å². The first-order valence-corrected chi connectivity index (χ1v) is 15.7. The Hall–Kier alpha value is -4.42. The maximum absolute atomic E-state index is 13.9. The molecule has 3 heterocycles. The zero-order valence-corrected chi connectivity index (χ0v) is 26.2. The van der Waals surface area contributed by atoms with E-state index in [1.807, 2.05) is 52.0 Å². The largest absolute Gasteiger partial charge is 0.481 e. The average Bonchev–Trinajstić information content (AvgIpc) is 3.65. The standard InChI is InChI=1S/C32H44N6O7/c1-5-18(4)27-31(44)35-22(13-17(2)3)28(41)34-23(14-19-16-33-21-10-7-6-9-20(19)21)29(42)36-24(15-26(39)40)32(45)38-12-8-11-25(38)30(43)37-27/h6-7,9-10,16-18,22-25,27,33H,5,8,11-15H2,1-4H3,(H,34,41)(H,35,44)(H,36,42)(H,37,43)(H,39,40)/t18-,22+,23-,24-,25+,27-/m1/s1. The summed E-state index contributed by atoms with van der Waals surface area (Å²) < 4.78 is 0. The van der Waals surface area contributed by atoms with E-state index in [2.05, 4.69) is 26.3 Å². The van der Waals surface area contributed by atoms with Crippen LogP contribution in [0, 0.1) is 11.8 Å². The van der Waals surface area contributed by atoms with Crippen LogP contribution in [0.5, 0.6) is 0 Å². The molecule has 0 unspecified atom stereocenters. The highest BCUT2D eigenvalue weighted by Crippen LogP contribution is 2.22. The summed E-state index contributed by atoms with van der Waals surface area (Å²) in [4.78, 5) is 84.9. The van der Waals surface area contributed by atoms with Crippen LogP contribution in [0.1, 0.15) is 65.4 Å². The lowest BCUT2D eigenvalue weighted by atomic mass is 9.96. The van der Waals surface area contributed by atoms with Crippen LogP contribution in [0.4, 0.5) is 0 Å². The molecule has 2 aromatic rings. The van der Waals surface area contributed by atoms with E-state index in [4.69, 9.17) is 0 Å². The van der Waals surface area contributed by atoms with Gasteiger partial charge in [-0.15, -0.1) is 0 Å². The van der Waals surface area contributed by atoms with Crippen molar-refractivity contribution in [3.63, 3.8) is 0 Å². The van der Waals surface area contributed by atoms with Gasteiger partial charge in [0.25, 0.3) is 0 Å². The number of para-hydroxylation sites is 1. The molecular weight excluding hydrogens is 580 g/mol. The molecule has 4 rings (SSSR count). The van der Waals surface area contributed by atoms with Crippen molar-refractivity contribution in [2.24, 2.45) is 11.8 Å². The number of aliphatic carboxylic acids is 1. The van der Waals surface area contributed by atoms with Gasteiger partial charge in [0, 0.05) is 30.1 Å². The number of aromatic amines is 1. The monoisotopic (exact) mass is 624 g/mol. The number of nitrogens with zero attached hydrogens (tertiary/aromatic N) is 1. The fraction of sp³-hybridized carbons (Fsp3) is 0.562. The van der Waals surface area contributed by atoms with Gasteiger partial charge < -0.3 is 36.3 Å². The molecule has 2 saturated heterocycles. The highest BCUT2D eigenvalue weighted by molar-refractivity contribution is 5.99. The minimum absolute atomic E-state index is 0.00900. The summed E-state index contributed by atoms with van der Waals surface area (Å²) in [6.07, 6.45) is 2.67. The molecule has 13 nitrogen and oxygen atoms in total. The van der Waals surface area contributed by atoms with Crippen LogP contribution in [0.15, 0.2) is 30.5 Å². The fourth-order valence-electron chi connectivity index (χ4n) is 6.07. The number of carboxylic acids is 1. The molecular formula is C32H44N6O7. The summed E-state index contributed by atoms with van der Waals surface area (Å²) in [5.41, 5.74) is 1.55. The molecule has 45 heavy (non-hydrogen) atoms. The highest BCUT2D eigenvalue weighted by atomic mass is 16.4. The zero-order chi connectivity index (χ0) is 32.8. The molecule has 0 aliphatic carbocycles. The molecule has 2 aliphatic rings. The van der Waals surface area contributed by atoms with Crippen molar-refractivity contribution in [3.8, 4) is 0 Å². The van der Waals surface area contributed by atoms with E-state index < -0.39 is 72.1 Å². The van der Waals surface area contributed by atoms with Crippen LogP contribution in [0.3, 0.4) is 0 Å². The lowest BCUT2D eigenvalue weighted by Gasteiger charge is -2.31. The van der Waals surface area contributed by atoms with Gasteiger partial charge >= 0.3 is 5.97 Å². The first kappa shape index (κ1) is 33.5. The number of fused-ring (bicyclic) bond motifs is 2. The van der Waals surface area contributed by atoms with Gasteiger partial charge in [0.15, 0.2) is 0 Å². The van der Waals surface area contributed by atoms with E-state index in [0.29, 0.717) is 19.3 Å². The van der Waals surface area contributed by atoms with Gasteiger partial charge in [0.2, 0.25) is 29.5 Å². The van der Waals surface area contributed by atoms with Gasteiger partial charge in [-0.2, -0.15) is 0 Å². The predicted molar refractivity (Wildman–Crippen MR) is 166 cm³/mol. The third kappa shape index (κ3) is 8.00. The van der Waals surface area contributed by atoms with Gasteiger partial charge in [-0.05, 0) is 42.7 Å². The number of carboxylic acid groups (broad SMARTS) is 1. The van der Waals surface area contributed by atoms with E-state index in [9.17, 15) is 33.9 Å². The van der Waals surface area contributed by atoms with E-state index in [1.54, 1.807) is 6.20 Å². The Labute approximate surface area is 262 Å². The summed E-state index contributed by atoms with van der Waals surface area (Å²) in [5, 5.41) is 21.5. The molecule has 1 aromatic heterocycles. The van der Waals surface area contributed by atoms with Gasteiger partial charge in [-0.25, -0.2) is 0 Å². The van der Waals surface area contributed by atoms with Gasteiger partial charge in [-0.1, -0.05) is 52.3 Å². The molecule has 244 valence electrons. The molecule has 13 heteroatoms. The SMILES string of the molecule is CC[C@@H](C)[C@H]1NC(=O)[C@@H]2CCCN2C(=O)[C@@H](CC(=O)O)NC(=O)[C@@H](Cc2c[nH]c3ccccc23)NC(=O)[C@H](CC(C)C)NC1=O. The van der Waals surface area contributed by atoms with Gasteiger partial charge in [0.05, 0.1) is 6.42 Å². The molecule has 0 spiro atoms. The minimum atomic E-state index is -1.48. The van der Waals surface area contributed by atoms with Crippen LogP contribution in [-0.4, -0.2) is 87.2 Å². The van der Waals surface area contributed by atoms with E-state index in [0.717, 1.165) is 16.5 Å². The summed E-state index contributed by atoms with van der Waals surface area (Å²) in [7, 11) is 0. The summed E-state index contributed by atoms with van der Waals surface area (Å²) >= 11 is 0. The quantitative estimate of drug-likeness (QED) is 0.254. The maximum atomic E-state index is 13.9. The topological polar surface area (TPSA) is 190 Å². The first-order chi connectivity index (χ1) is 21.4. The van der Waals surface area contributed by atoms with Crippen molar-refractivity contribution in [2.45, 2.75) is 96.4 Å². The number of H-pyrrole nitrogens is 1. The van der Waals surface area contributed by atoms with Crippen LogP contribution in [0.25, 0.3) is 10.9 Å². The second-order valence-corrected chi connectivity index (χ2v) is 12.5. The normalized spacial score (nSPS) is 25.9. The molecule has 0 radical (unpaired) electrons. The second-order valence-electron chi connectivity index (χ2n) is 12.5. The first-order valence-electron chi connectivity index (χ1n) is 15.7. The Morgan fingerprint density at radius 1 is 0.911 bits per heavy atom. The number of hydrogen-bond acceptors (Lipinski definition) is 6. The maximum Gasteiger partial charge on any atom is 0.305 e. The molecule has 6 N–H and O–H groups in total. The molecule has 1 aromatic carbocycles. The second kappa shape index (κ2) is 14.6. The number of benzene rings is 1. The van der Waals surface area contributed by atoms with Crippen molar-refractivity contribution in [3.05, 3.63) is 36.0 Å². The highest BCUT2D eigenvalue weighted by Gasteiger charge is 2.41. The van der Waals surface area contributed by atoms with Crippen molar-refractivity contribution in [1.82, 2.24) is 31.2 Å². The molecule has 0 saturated carbocycles. The average molecular weight is 625 g/mol. The van der Waals surface area contributed by atoms with Crippen LogP contribution < -0.4 is 21.3 Å². The number of rotatable bonds is 8. The minimum Gasteiger partial charge on any atom is -0.481 e. The van der Waals surface area contributed by atoms with E-state index in [-0.39, 0.29) is 31.2 Å². The summed E-state index contributed by atoms with van der Waals surface area (Å²) in [6.45, 7) is 7.68. The third-order valence-electron chi connectivity index (χ3n) is 8.70. The third-order valence-corrected chi connectivity index (χ3v) is 8.70. The smallest absolute Gasteiger partial charge is 0.305 e. The van der Waals surface area contributed by atoms with Crippen LogP contribution in [-0.2, 0) is 35.2 Å². The molecule has 0 bridgehead atoms. The predicted octanol–water partition coefficient (Wildman–Crippen LogP) is 1.22. The molecule has 2 fully saturated rings. The lowest BCUT2D eigenvalue weighted by molar-refractivity contribution is -0.146. The van der Waals surface area contributed by atoms with Crippen molar-refractivity contribution in [1.29, 1.82) is 0 Å². The Bertz CT molecular complexity index is 1440. The summed E-state index contributed by atoms with van der Waals surface area (Å²) in [5.74, 6) is -4.77. The van der Waals surface area contributed by atoms with Crippen molar-refractivity contribution >= 4 is 46.4 Å². The van der Waals surface area contributed by atoms with Crippen molar-refractivity contribution in [2.75, 3.05) is 6.54 Å². The number of aromatic nitrogens is 1. The number of carbonyl (C=O) groups excluding carboxylic acids is 5. The van der Waals surface area contributed by atoms with E-state index in [1.165, 1.54) is 4.90 Å².